The first-order valence-corrected chi connectivity index (χ1v) is 8.70. The predicted molar refractivity (Wildman–Crippen MR) is 92.2 cm³/mol. The maximum Gasteiger partial charge on any atom is 0.416 e. The molecule has 2 aromatic carbocycles. The van der Waals surface area contributed by atoms with Gasteiger partial charge in [-0.25, -0.2) is 0 Å². The van der Waals surface area contributed by atoms with Crippen molar-refractivity contribution in [2.75, 3.05) is 6.54 Å². The van der Waals surface area contributed by atoms with E-state index in [4.69, 9.17) is 0 Å². The second kappa shape index (κ2) is 6.47. The second-order valence-electron chi connectivity index (χ2n) is 6.75. The molecule has 0 saturated carbocycles. The summed E-state index contributed by atoms with van der Waals surface area (Å²) in [5, 5.41) is 0. The van der Waals surface area contributed by atoms with Crippen molar-refractivity contribution in [2.45, 2.75) is 25.2 Å². The van der Waals surface area contributed by atoms with E-state index in [0.717, 1.165) is 11.0 Å². The molecule has 3 amide bonds. The highest BCUT2D eigenvalue weighted by Gasteiger charge is 2.46. The number of halogens is 3. The number of benzene rings is 2. The molecule has 2 aromatic rings. The summed E-state index contributed by atoms with van der Waals surface area (Å²) in [6.45, 7) is -0.0583. The standard InChI is InChI=1S/C20H15F3N2O3/c21-20(22,23)15-8-4-1-5-12(15)11-24-10-9-16(19(24)28)25-17(26)13-6-2-3-7-14(13)18(25)27/h1-8,16H,9-11H2. The first-order valence-electron chi connectivity index (χ1n) is 8.70. The Labute approximate surface area is 158 Å². The predicted octanol–water partition coefficient (Wildman–Crippen LogP) is 3.10. The Bertz CT molecular complexity index is 952. The summed E-state index contributed by atoms with van der Waals surface area (Å²) in [6, 6.07) is 10.4. The fourth-order valence-corrected chi connectivity index (χ4v) is 3.75. The Hall–Kier alpha value is -3.16. The maximum atomic E-state index is 13.2. The molecule has 28 heavy (non-hydrogen) atoms. The number of hydrogen-bond donors (Lipinski definition) is 0. The van der Waals surface area contributed by atoms with Crippen molar-refractivity contribution in [1.82, 2.24) is 9.80 Å². The fourth-order valence-electron chi connectivity index (χ4n) is 3.75. The second-order valence-corrected chi connectivity index (χ2v) is 6.75. The van der Waals surface area contributed by atoms with E-state index < -0.39 is 35.5 Å². The van der Waals surface area contributed by atoms with E-state index in [0.29, 0.717) is 0 Å². The van der Waals surface area contributed by atoms with Crippen LogP contribution in [0.5, 0.6) is 0 Å². The highest BCUT2D eigenvalue weighted by molar-refractivity contribution is 6.23. The van der Waals surface area contributed by atoms with Crippen LogP contribution in [0.25, 0.3) is 0 Å². The molecular weight excluding hydrogens is 373 g/mol. The zero-order valence-corrected chi connectivity index (χ0v) is 14.6. The third-order valence-corrected chi connectivity index (χ3v) is 5.09. The number of rotatable bonds is 3. The SMILES string of the molecule is O=C1C(N2C(=O)c3ccccc3C2=O)CCN1Cc1ccccc1C(F)(F)F. The highest BCUT2D eigenvalue weighted by atomic mass is 19.4. The third kappa shape index (κ3) is 2.85. The summed E-state index contributed by atoms with van der Waals surface area (Å²) >= 11 is 0. The molecule has 1 unspecified atom stereocenters. The molecular formula is C20H15F3N2O3. The lowest BCUT2D eigenvalue weighted by atomic mass is 10.1. The van der Waals surface area contributed by atoms with Gasteiger partial charge in [0.05, 0.1) is 16.7 Å². The van der Waals surface area contributed by atoms with Crippen LogP contribution in [-0.4, -0.2) is 40.1 Å². The van der Waals surface area contributed by atoms with Crippen LogP contribution in [0.4, 0.5) is 13.2 Å². The van der Waals surface area contributed by atoms with Crippen molar-refractivity contribution >= 4 is 17.7 Å². The average Bonchev–Trinajstić information content (AvgIpc) is 3.13. The van der Waals surface area contributed by atoms with Gasteiger partial charge in [0.2, 0.25) is 5.91 Å². The maximum absolute atomic E-state index is 13.2. The summed E-state index contributed by atoms with van der Waals surface area (Å²) in [5.74, 6) is -1.61. The lowest BCUT2D eigenvalue weighted by molar-refractivity contribution is -0.139. The van der Waals surface area contributed by atoms with Crippen LogP contribution in [0.3, 0.4) is 0 Å². The molecule has 8 heteroatoms. The van der Waals surface area contributed by atoms with E-state index in [-0.39, 0.29) is 36.2 Å². The topological polar surface area (TPSA) is 57.7 Å². The van der Waals surface area contributed by atoms with Crippen molar-refractivity contribution in [3.8, 4) is 0 Å². The number of alkyl halides is 3. The van der Waals surface area contributed by atoms with Crippen LogP contribution in [0.2, 0.25) is 0 Å². The number of hydrogen-bond acceptors (Lipinski definition) is 3. The minimum atomic E-state index is -4.53. The zero-order valence-electron chi connectivity index (χ0n) is 14.6. The van der Waals surface area contributed by atoms with Gasteiger partial charge in [0, 0.05) is 13.1 Å². The molecule has 5 nitrogen and oxygen atoms in total. The summed E-state index contributed by atoms with van der Waals surface area (Å²) in [7, 11) is 0. The zero-order chi connectivity index (χ0) is 20.1. The molecule has 0 spiro atoms. The smallest absolute Gasteiger partial charge is 0.336 e. The lowest BCUT2D eigenvalue weighted by Crippen LogP contribution is -2.45. The number of fused-ring (bicyclic) bond motifs is 1. The largest absolute Gasteiger partial charge is 0.416 e. The molecule has 0 N–H and O–H groups in total. The van der Waals surface area contributed by atoms with Crippen molar-refractivity contribution in [2.24, 2.45) is 0 Å². The van der Waals surface area contributed by atoms with Crippen LogP contribution in [0, 0.1) is 0 Å². The van der Waals surface area contributed by atoms with E-state index in [1.54, 1.807) is 12.1 Å². The summed E-state index contributed by atoms with van der Waals surface area (Å²) < 4.78 is 39.6. The Morgan fingerprint density at radius 2 is 1.46 bits per heavy atom. The Balaban J connectivity index is 1.56. The molecule has 1 saturated heterocycles. The minimum absolute atomic E-state index is 0.0219. The molecule has 0 radical (unpaired) electrons. The van der Waals surface area contributed by atoms with Gasteiger partial charge >= 0.3 is 6.18 Å². The van der Waals surface area contributed by atoms with Crippen molar-refractivity contribution < 1.29 is 27.6 Å². The van der Waals surface area contributed by atoms with Gasteiger partial charge in [0.1, 0.15) is 6.04 Å². The molecule has 2 aliphatic heterocycles. The molecule has 1 atom stereocenters. The summed E-state index contributed by atoms with van der Waals surface area (Å²) in [4.78, 5) is 40.1. The van der Waals surface area contributed by atoms with Gasteiger partial charge in [-0.05, 0) is 30.2 Å². The third-order valence-electron chi connectivity index (χ3n) is 5.09. The Morgan fingerprint density at radius 3 is 2.07 bits per heavy atom. The first-order chi connectivity index (χ1) is 13.3. The number of nitrogens with zero attached hydrogens (tertiary/aromatic N) is 2. The van der Waals surface area contributed by atoms with Crippen LogP contribution >= 0.6 is 0 Å². The lowest BCUT2D eigenvalue weighted by Gasteiger charge is -2.23. The molecule has 1 fully saturated rings. The van der Waals surface area contributed by atoms with Crippen LogP contribution in [-0.2, 0) is 17.5 Å². The van der Waals surface area contributed by atoms with Crippen LogP contribution < -0.4 is 0 Å². The normalized spacial score (nSPS) is 19.5. The van der Waals surface area contributed by atoms with Crippen molar-refractivity contribution in [3.05, 3.63) is 70.8 Å². The molecule has 2 heterocycles. The number of likely N-dealkylation sites (tertiary alicyclic amines) is 1. The number of amides is 3. The highest BCUT2D eigenvalue weighted by Crippen LogP contribution is 2.34. The van der Waals surface area contributed by atoms with Crippen molar-refractivity contribution in [3.63, 3.8) is 0 Å². The van der Waals surface area contributed by atoms with E-state index >= 15 is 0 Å². The Morgan fingerprint density at radius 1 is 0.893 bits per heavy atom. The van der Waals surface area contributed by atoms with E-state index in [1.165, 1.54) is 35.2 Å². The molecule has 0 bridgehead atoms. The molecule has 2 aliphatic rings. The van der Waals surface area contributed by atoms with Crippen LogP contribution in [0.15, 0.2) is 48.5 Å². The molecule has 144 valence electrons. The number of imide groups is 1. The summed E-state index contributed by atoms with van der Waals surface area (Å²) in [6.07, 6.45) is -4.33. The van der Waals surface area contributed by atoms with Gasteiger partial charge in [-0.15, -0.1) is 0 Å². The van der Waals surface area contributed by atoms with Gasteiger partial charge < -0.3 is 4.90 Å². The van der Waals surface area contributed by atoms with Gasteiger partial charge in [-0.2, -0.15) is 13.2 Å². The summed E-state index contributed by atoms with van der Waals surface area (Å²) in [5.41, 5.74) is -0.347. The van der Waals surface area contributed by atoms with Gasteiger partial charge in [-0.3, -0.25) is 19.3 Å². The molecule has 4 rings (SSSR count). The average molecular weight is 388 g/mol. The fraction of sp³-hybridized carbons (Fsp3) is 0.250. The monoisotopic (exact) mass is 388 g/mol. The number of carbonyl (C=O) groups is 3. The molecule has 0 aliphatic carbocycles. The van der Waals surface area contributed by atoms with Gasteiger partial charge in [0.25, 0.3) is 11.8 Å². The minimum Gasteiger partial charge on any atom is -0.336 e. The van der Waals surface area contributed by atoms with E-state index in [2.05, 4.69) is 0 Å². The van der Waals surface area contributed by atoms with Crippen LogP contribution in [0.1, 0.15) is 38.3 Å². The first kappa shape index (κ1) is 18.2. The van der Waals surface area contributed by atoms with Gasteiger partial charge in [0.15, 0.2) is 0 Å². The van der Waals surface area contributed by atoms with Gasteiger partial charge in [-0.1, -0.05) is 30.3 Å². The van der Waals surface area contributed by atoms with E-state index in [9.17, 15) is 27.6 Å². The van der Waals surface area contributed by atoms with E-state index in [1.807, 2.05) is 0 Å². The Kier molecular flexibility index (Phi) is 4.21. The molecule has 0 aromatic heterocycles. The number of carbonyl (C=O) groups excluding carboxylic acids is 3. The van der Waals surface area contributed by atoms with Crippen molar-refractivity contribution in [1.29, 1.82) is 0 Å². The quantitative estimate of drug-likeness (QED) is 0.760.